The quantitative estimate of drug-likeness (QED) is 0.775. The predicted molar refractivity (Wildman–Crippen MR) is 55.3 cm³/mol. The second-order valence-corrected chi connectivity index (χ2v) is 4.06. The van der Waals surface area contributed by atoms with E-state index in [2.05, 4.69) is 10.3 Å². The van der Waals surface area contributed by atoms with Crippen LogP contribution in [-0.4, -0.2) is 20.9 Å². The zero-order valence-corrected chi connectivity index (χ0v) is 8.94. The third kappa shape index (κ3) is 2.16. The third-order valence-corrected chi connectivity index (χ3v) is 2.85. The van der Waals surface area contributed by atoms with E-state index in [-0.39, 0.29) is 0 Å². The highest BCUT2D eigenvalue weighted by Gasteiger charge is 2.22. The van der Waals surface area contributed by atoms with Gasteiger partial charge in [-0.1, -0.05) is 25.0 Å². The molecule has 0 saturated heterocycles. The Balaban J connectivity index is 2.11. The number of carbonyl (C=O) groups excluding carboxylic acids is 1. The van der Waals surface area contributed by atoms with Gasteiger partial charge >= 0.3 is 0 Å². The summed E-state index contributed by atoms with van der Waals surface area (Å²) in [6, 6.07) is 0. The summed E-state index contributed by atoms with van der Waals surface area (Å²) < 4.78 is 1.82. The fourth-order valence-electron chi connectivity index (χ4n) is 1.77. The molecule has 2 rings (SSSR count). The second-order valence-electron chi connectivity index (χ2n) is 4.06. The largest absolute Gasteiger partial charge is 0.364 e. The Hall–Kier alpha value is -1.39. The molecule has 0 aliphatic heterocycles. The van der Waals surface area contributed by atoms with E-state index in [9.17, 15) is 4.79 Å². The molecule has 0 aromatic carbocycles. The molecule has 0 unspecified atom stereocenters. The molecule has 0 bridgehead atoms. The Bertz CT molecular complexity index is 367. The van der Waals surface area contributed by atoms with Gasteiger partial charge in [0.25, 0.3) is 5.91 Å². The lowest BCUT2D eigenvalue weighted by molar-refractivity contribution is 0.0994. The number of nitrogens with two attached hydrogens (primary N) is 1. The lowest BCUT2D eigenvalue weighted by Crippen LogP contribution is -2.15. The predicted octanol–water partition coefficient (Wildman–Crippen LogP) is 0.739. The summed E-state index contributed by atoms with van der Waals surface area (Å²) in [5.41, 5.74) is 6.41. The van der Waals surface area contributed by atoms with Crippen LogP contribution in [0.3, 0.4) is 0 Å². The lowest BCUT2D eigenvalue weighted by atomic mass is 10.2. The van der Waals surface area contributed by atoms with Crippen molar-refractivity contribution in [2.45, 2.75) is 39.2 Å². The number of carbonyl (C=O) groups is 1. The molecule has 1 aliphatic carbocycles. The van der Waals surface area contributed by atoms with Gasteiger partial charge in [-0.25, -0.2) is 4.68 Å². The van der Waals surface area contributed by atoms with Crippen LogP contribution in [0.15, 0.2) is 0 Å². The van der Waals surface area contributed by atoms with E-state index in [0.717, 1.165) is 31.0 Å². The number of aromatic nitrogens is 3. The highest BCUT2D eigenvalue weighted by Crippen LogP contribution is 2.32. The molecule has 1 aliphatic rings. The van der Waals surface area contributed by atoms with E-state index in [1.165, 1.54) is 12.8 Å². The number of aryl methyl sites for hydroxylation is 1. The minimum absolute atomic E-state index is 0.327. The highest BCUT2D eigenvalue weighted by molar-refractivity contribution is 5.91. The number of primary amides is 1. The highest BCUT2D eigenvalue weighted by atomic mass is 16.1. The number of nitrogens with zero attached hydrogens (tertiary/aromatic N) is 3. The number of hydrogen-bond donors (Lipinski definition) is 1. The zero-order valence-electron chi connectivity index (χ0n) is 8.94. The SMILES string of the molecule is CCc1c(C(N)=O)nnn1CCC1CC1. The normalized spacial score (nSPS) is 15.5. The van der Waals surface area contributed by atoms with Crippen LogP contribution in [0.2, 0.25) is 0 Å². The fraction of sp³-hybridized carbons (Fsp3) is 0.700. The first-order chi connectivity index (χ1) is 7.22. The molecule has 5 nitrogen and oxygen atoms in total. The number of hydrogen-bond acceptors (Lipinski definition) is 3. The smallest absolute Gasteiger partial charge is 0.271 e. The molecule has 1 aromatic heterocycles. The summed E-state index contributed by atoms with van der Waals surface area (Å²) in [4.78, 5) is 11.1. The first kappa shape index (κ1) is 10.1. The molecule has 0 spiro atoms. The van der Waals surface area contributed by atoms with Crippen LogP contribution in [-0.2, 0) is 13.0 Å². The molecule has 5 heteroatoms. The maximum atomic E-state index is 11.1. The fourth-order valence-corrected chi connectivity index (χ4v) is 1.77. The van der Waals surface area contributed by atoms with Crippen molar-refractivity contribution in [3.63, 3.8) is 0 Å². The van der Waals surface area contributed by atoms with Gasteiger partial charge in [0.15, 0.2) is 5.69 Å². The zero-order chi connectivity index (χ0) is 10.8. The van der Waals surface area contributed by atoms with Gasteiger partial charge in [0.1, 0.15) is 0 Å². The molecule has 1 saturated carbocycles. The molecule has 1 aromatic rings. The first-order valence-electron chi connectivity index (χ1n) is 5.44. The van der Waals surface area contributed by atoms with Crippen molar-refractivity contribution < 1.29 is 4.79 Å². The van der Waals surface area contributed by atoms with Gasteiger partial charge in [-0.15, -0.1) is 5.10 Å². The Kier molecular flexibility index (Phi) is 2.70. The standard InChI is InChI=1S/C10H16N4O/c1-2-8-9(10(11)15)12-13-14(8)6-5-7-3-4-7/h7H,2-6H2,1H3,(H2,11,15). The summed E-state index contributed by atoms with van der Waals surface area (Å²) in [5, 5.41) is 7.80. The van der Waals surface area contributed by atoms with E-state index in [0.29, 0.717) is 5.69 Å². The van der Waals surface area contributed by atoms with E-state index in [1.54, 1.807) is 0 Å². The van der Waals surface area contributed by atoms with E-state index < -0.39 is 5.91 Å². The Morgan fingerprint density at radius 1 is 1.60 bits per heavy atom. The summed E-state index contributed by atoms with van der Waals surface area (Å²) in [6.45, 7) is 2.84. The third-order valence-electron chi connectivity index (χ3n) is 2.85. The van der Waals surface area contributed by atoms with Crippen LogP contribution in [0.1, 0.15) is 42.4 Å². The van der Waals surface area contributed by atoms with Crippen LogP contribution in [0.25, 0.3) is 0 Å². The van der Waals surface area contributed by atoms with Crippen LogP contribution in [0.5, 0.6) is 0 Å². The van der Waals surface area contributed by atoms with Crippen molar-refractivity contribution in [2.75, 3.05) is 0 Å². The minimum atomic E-state index is -0.482. The van der Waals surface area contributed by atoms with Gasteiger partial charge in [-0.05, 0) is 18.8 Å². The van der Waals surface area contributed by atoms with Gasteiger partial charge in [-0.3, -0.25) is 4.79 Å². The van der Waals surface area contributed by atoms with Gasteiger partial charge < -0.3 is 5.73 Å². The maximum Gasteiger partial charge on any atom is 0.271 e. The topological polar surface area (TPSA) is 73.8 Å². The molecule has 15 heavy (non-hydrogen) atoms. The molecular weight excluding hydrogens is 192 g/mol. The Morgan fingerprint density at radius 2 is 2.33 bits per heavy atom. The van der Waals surface area contributed by atoms with Gasteiger partial charge in [0.05, 0.1) is 5.69 Å². The van der Waals surface area contributed by atoms with Crippen molar-refractivity contribution in [3.05, 3.63) is 11.4 Å². The van der Waals surface area contributed by atoms with Crippen LogP contribution < -0.4 is 5.73 Å². The first-order valence-corrected chi connectivity index (χ1v) is 5.44. The van der Waals surface area contributed by atoms with Crippen LogP contribution in [0.4, 0.5) is 0 Å². The van der Waals surface area contributed by atoms with Gasteiger partial charge in [0.2, 0.25) is 0 Å². The molecule has 1 heterocycles. The molecule has 2 N–H and O–H groups in total. The second kappa shape index (κ2) is 4.00. The summed E-state index contributed by atoms with van der Waals surface area (Å²) >= 11 is 0. The van der Waals surface area contributed by atoms with Gasteiger partial charge in [0, 0.05) is 6.54 Å². The van der Waals surface area contributed by atoms with Crippen molar-refractivity contribution in [1.82, 2.24) is 15.0 Å². The van der Waals surface area contributed by atoms with Gasteiger partial charge in [-0.2, -0.15) is 0 Å². The van der Waals surface area contributed by atoms with Crippen molar-refractivity contribution in [2.24, 2.45) is 11.7 Å². The Morgan fingerprint density at radius 3 is 2.87 bits per heavy atom. The summed E-state index contributed by atoms with van der Waals surface area (Å²) in [7, 11) is 0. The average molecular weight is 208 g/mol. The van der Waals surface area contributed by atoms with E-state index in [4.69, 9.17) is 5.73 Å². The summed E-state index contributed by atoms with van der Waals surface area (Å²) in [5.74, 6) is 0.375. The molecule has 1 amide bonds. The van der Waals surface area contributed by atoms with Crippen molar-refractivity contribution in [1.29, 1.82) is 0 Å². The molecule has 82 valence electrons. The molecule has 1 fully saturated rings. The lowest BCUT2D eigenvalue weighted by Gasteiger charge is -2.03. The summed E-state index contributed by atoms with van der Waals surface area (Å²) in [6.07, 6.45) is 4.54. The van der Waals surface area contributed by atoms with Crippen LogP contribution in [0, 0.1) is 5.92 Å². The molecular formula is C10H16N4O. The average Bonchev–Trinajstić information content (AvgIpc) is 2.93. The van der Waals surface area contributed by atoms with E-state index in [1.807, 2.05) is 11.6 Å². The van der Waals surface area contributed by atoms with Crippen molar-refractivity contribution >= 4 is 5.91 Å². The van der Waals surface area contributed by atoms with Crippen LogP contribution >= 0.6 is 0 Å². The molecule has 0 atom stereocenters. The maximum absolute atomic E-state index is 11.1. The minimum Gasteiger partial charge on any atom is -0.364 e. The number of amides is 1. The molecule has 0 radical (unpaired) electrons. The Labute approximate surface area is 88.6 Å². The number of rotatable bonds is 5. The van der Waals surface area contributed by atoms with E-state index >= 15 is 0 Å². The van der Waals surface area contributed by atoms with Crippen molar-refractivity contribution in [3.8, 4) is 0 Å². The monoisotopic (exact) mass is 208 g/mol.